The topological polar surface area (TPSA) is 48.1 Å². The predicted molar refractivity (Wildman–Crippen MR) is 75.3 cm³/mol. The van der Waals surface area contributed by atoms with Gasteiger partial charge in [0.1, 0.15) is 5.75 Å². The molecule has 0 bridgehead atoms. The third-order valence-electron chi connectivity index (χ3n) is 2.98. The molecule has 0 aliphatic rings. The molecule has 2 aromatic rings. The van der Waals surface area contributed by atoms with E-state index >= 15 is 0 Å². The molecule has 2 rings (SSSR count). The van der Waals surface area contributed by atoms with Crippen LogP contribution in [0.5, 0.6) is 5.75 Å². The third kappa shape index (κ3) is 2.40. The normalized spacial score (nSPS) is 12.5. The highest BCUT2D eigenvalue weighted by atomic mass is 32.1. The first-order valence-corrected chi connectivity index (χ1v) is 6.73. The van der Waals surface area contributed by atoms with E-state index < -0.39 is 0 Å². The summed E-state index contributed by atoms with van der Waals surface area (Å²) < 4.78 is 5.45. The fraction of sp³-hybridized carbons (Fsp3) is 0.357. The van der Waals surface area contributed by atoms with Gasteiger partial charge >= 0.3 is 0 Å². The van der Waals surface area contributed by atoms with Crippen molar-refractivity contribution in [3.05, 3.63) is 44.9 Å². The number of aromatic nitrogens is 1. The molecule has 2 N–H and O–H groups in total. The Hall–Kier alpha value is -1.39. The fourth-order valence-electron chi connectivity index (χ4n) is 2.18. The van der Waals surface area contributed by atoms with Crippen LogP contribution < -0.4 is 10.5 Å². The number of ether oxygens (including phenoxy) is 1. The lowest BCUT2D eigenvalue weighted by Gasteiger charge is -2.17. The lowest BCUT2D eigenvalue weighted by Crippen LogP contribution is -2.15. The van der Waals surface area contributed by atoms with Gasteiger partial charge in [-0.25, -0.2) is 4.98 Å². The standard InChI is InChI=1S/C14H18N2OS/c1-8-5-9(2)13(12(6-8)17-4)14(15)11-7-18-10(3)16-11/h5-7,14H,15H2,1-4H3. The molecule has 0 saturated heterocycles. The number of nitrogens with two attached hydrogens (primary N) is 1. The van der Waals surface area contributed by atoms with Crippen molar-refractivity contribution in [2.75, 3.05) is 7.11 Å². The first-order chi connectivity index (χ1) is 8.52. The largest absolute Gasteiger partial charge is 0.496 e. The molecule has 3 nitrogen and oxygen atoms in total. The number of aryl methyl sites for hydroxylation is 3. The average Bonchev–Trinajstić information content (AvgIpc) is 2.74. The smallest absolute Gasteiger partial charge is 0.124 e. The fourth-order valence-corrected chi connectivity index (χ4v) is 2.83. The quantitative estimate of drug-likeness (QED) is 0.924. The summed E-state index contributed by atoms with van der Waals surface area (Å²) in [6.07, 6.45) is 0. The van der Waals surface area contributed by atoms with Crippen molar-refractivity contribution in [1.29, 1.82) is 0 Å². The van der Waals surface area contributed by atoms with Gasteiger partial charge in [-0.3, -0.25) is 0 Å². The molecule has 0 amide bonds. The second kappa shape index (κ2) is 5.08. The summed E-state index contributed by atoms with van der Waals surface area (Å²) in [7, 11) is 1.68. The Balaban J connectivity index is 2.50. The van der Waals surface area contributed by atoms with Gasteiger partial charge in [-0.2, -0.15) is 0 Å². The van der Waals surface area contributed by atoms with Crippen LogP contribution in [0.25, 0.3) is 0 Å². The molecule has 0 aliphatic carbocycles. The zero-order valence-corrected chi connectivity index (χ0v) is 12.0. The van der Waals surface area contributed by atoms with Crippen LogP contribution in [0, 0.1) is 20.8 Å². The molecule has 1 unspecified atom stereocenters. The highest BCUT2D eigenvalue weighted by Crippen LogP contribution is 2.32. The lowest BCUT2D eigenvalue weighted by atomic mass is 9.97. The molecule has 1 aromatic carbocycles. The van der Waals surface area contributed by atoms with Gasteiger partial charge in [0, 0.05) is 10.9 Å². The lowest BCUT2D eigenvalue weighted by molar-refractivity contribution is 0.406. The molecule has 0 fully saturated rings. The molecule has 1 aromatic heterocycles. The van der Waals surface area contributed by atoms with E-state index in [1.54, 1.807) is 18.4 Å². The van der Waals surface area contributed by atoms with Crippen molar-refractivity contribution in [3.63, 3.8) is 0 Å². The molecule has 4 heteroatoms. The predicted octanol–water partition coefficient (Wildman–Crippen LogP) is 3.13. The van der Waals surface area contributed by atoms with E-state index in [2.05, 4.69) is 24.9 Å². The first-order valence-electron chi connectivity index (χ1n) is 5.85. The van der Waals surface area contributed by atoms with E-state index in [1.165, 1.54) is 5.56 Å². The molecule has 1 atom stereocenters. The number of nitrogens with zero attached hydrogens (tertiary/aromatic N) is 1. The van der Waals surface area contributed by atoms with Gasteiger partial charge in [0.2, 0.25) is 0 Å². The van der Waals surface area contributed by atoms with Gasteiger partial charge in [-0.15, -0.1) is 11.3 Å². The molecule has 1 heterocycles. The molecule has 0 radical (unpaired) electrons. The summed E-state index contributed by atoms with van der Waals surface area (Å²) in [5.74, 6) is 0.839. The van der Waals surface area contributed by atoms with Gasteiger partial charge in [0.05, 0.1) is 23.9 Å². The molecule has 0 saturated carbocycles. The maximum Gasteiger partial charge on any atom is 0.124 e. The summed E-state index contributed by atoms with van der Waals surface area (Å²) in [6, 6.07) is 3.91. The molecular weight excluding hydrogens is 244 g/mol. The number of benzene rings is 1. The molecule has 96 valence electrons. The van der Waals surface area contributed by atoms with Gasteiger partial charge < -0.3 is 10.5 Å². The summed E-state index contributed by atoms with van der Waals surface area (Å²) in [5.41, 5.74) is 10.6. The van der Waals surface area contributed by atoms with Crippen LogP contribution in [-0.4, -0.2) is 12.1 Å². The van der Waals surface area contributed by atoms with Gasteiger partial charge in [0.15, 0.2) is 0 Å². The van der Waals surface area contributed by atoms with Crippen LogP contribution in [0.4, 0.5) is 0 Å². The van der Waals surface area contributed by atoms with Crippen molar-refractivity contribution in [2.45, 2.75) is 26.8 Å². The van der Waals surface area contributed by atoms with E-state index in [-0.39, 0.29) is 6.04 Å². The maximum absolute atomic E-state index is 6.32. The van der Waals surface area contributed by atoms with Crippen LogP contribution in [0.3, 0.4) is 0 Å². The minimum atomic E-state index is -0.231. The van der Waals surface area contributed by atoms with Crippen LogP contribution in [0.1, 0.15) is 33.4 Å². The van der Waals surface area contributed by atoms with E-state index in [0.29, 0.717) is 0 Å². The van der Waals surface area contributed by atoms with E-state index in [4.69, 9.17) is 10.5 Å². The minimum Gasteiger partial charge on any atom is -0.496 e. The molecule has 18 heavy (non-hydrogen) atoms. The Kier molecular flexibility index (Phi) is 3.68. The number of rotatable bonds is 3. The van der Waals surface area contributed by atoms with Gasteiger partial charge in [-0.05, 0) is 38.0 Å². The minimum absolute atomic E-state index is 0.231. The summed E-state index contributed by atoms with van der Waals surface area (Å²) in [6.45, 7) is 6.10. The van der Waals surface area contributed by atoms with Crippen LogP contribution in [-0.2, 0) is 0 Å². The monoisotopic (exact) mass is 262 g/mol. The van der Waals surface area contributed by atoms with Crippen molar-refractivity contribution >= 4 is 11.3 Å². The number of hydrogen-bond acceptors (Lipinski definition) is 4. The summed E-state index contributed by atoms with van der Waals surface area (Å²) in [5, 5.41) is 3.04. The SMILES string of the molecule is COc1cc(C)cc(C)c1C(N)c1csc(C)n1. The van der Waals surface area contributed by atoms with Crippen molar-refractivity contribution < 1.29 is 4.74 Å². The molecular formula is C14H18N2OS. The van der Waals surface area contributed by atoms with Gasteiger partial charge in [-0.1, -0.05) is 6.07 Å². The van der Waals surface area contributed by atoms with Crippen LogP contribution in [0.15, 0.2) is 17.5 Å². The zero-order valence-electron chi connectivity index (χ0n) is 11.2. The summed E-state index contributed by atoms with van der Waals surface area (Å²) >= 11 is 1.62. The van der Waals surface area contributed by atoms with Crippen LogP contribution >= 0.6 is 11.3 Å². The van der Waals surface area contributed by atoms with Gasteiger partial charge in [0.25, 0.3) is 0 Å². The molecule has 0 spiro atoms. The Morgan fingerprint density at radius 2 is 2.00 bits per heavy atom. The number of methoxy groups -OCH3 is 1. The Bertz CT molecular complexity index is 563. The highest BCUT2D eigenvalue weighted by molar-refractivity contribution is 7.09. The summed E-state index contributed by atoms with van der Waals surface area (Å²) in [4.78, 5) is 4.46. The Morgan fingerprint density at radius 3 is 2.56 bits per heavy atom. The Labute approximate surface area is 112 Å². The van der Waals surface area contributed by atoms with Crippen molar-refractivity contribution in [1.82, 2.24) is 4.98 Å². The van der Waals surface area contributed by atoms with E-state index in [0.717, 1.165) is 27.6 Å². The second-order valence-corrected chi connectivity index (χ2v) is 5.53. The third-order valence-corrected chi connectivity index (χ3v) is 3.77. The maximum atomic E-state index is 6.32. The highest BCUT2D eigenvalue weighted by Gasteiger charge is 2.19. The second-order valence-electron chi connectivity index (χ2n) is 4.47. The Morgan fingerprint density at radius 1 is 1.28 bits per heavy atom. The number of hydrogen-bond donors (Lipinski definition) is 1. The van der Waals surface area contributed by atoms with E-state index in [9.17, 15) is 0 Å². The number of thiazole rings is 1. The first kappa shape index (κ1) is 13.1. The van der Waals surface area contributed by atoms with Crippen LogP contribution in [0.2, 0.25) is 0 Å². The van der Waals surface area contributed by atoms with Crippen molar-refractivity contribution in [3.8, 4) is 5.75 Å². The zero-order chi connectivity index (χ0) is 13.3. The molecule has 0 aliphatic heterocycles. The average molecular weight is 262 g/mol. The van der Waals surface area contributed by atoms with Crippen molar-refractivity contribution in [2.24, 2.45) is 5.73 Å². The van der Waals surface area contributed by atoms with E-state index in [1.807, 2.05) is 18.4 Å².